The maximum atomic E-state index is 11.8. The van der Waals surface area contributed by atoms with E-state index in [0.29, 0.717) is 6.54 Å². The van der Waals surface area contributed by atoms with Crippen LogP contribution in [0, 0.1) is 0 Å². The Balaban J connectivity index is 0.000000709. The molecule has 0 radical (unpaired) electrons. The van der Waals surface area contributed by atoms with Gasteiger partial charge in [-0.3, -0.25) is 9.78 Å². The molecule has 9 heteroatoms. The highest BCUT2D eigenvalue weighted by molar-refractivity contribution is 7.89. The Hall–Kier alpha value is -1.22. The average molecular weight is 365 g/mol. The molecule has 1 aliphatic heterocycles. The number of nitrogens with zero attached hydrogens (tertiary/aromatic N) is 3. The molecule has 0 spiro atoms. The predicted molar refractivity (Wildman–Crippen MR) is 92.1 cm³/mol. The highest BCUT2D eigenvalue weighted by Crippen LogP contribution is 2.07. The van der Waals surface area contributed by atoms with Crippen molar-refractivity contribution in [2.45, 2.75) is 17.7 Å². The molecule has 1 fully saturated rings. The van der Waals surface area contributed by atoms with Gasteiger partial charge in [-0.25, -0.2) is 13.1 Å². The van der Waals surface area contributed by atoms with Crippen molar-refractivity contribution in [1.82, 2.24) is 19.5 Å². The molecule has 23 heavy (non-hydrogen) atoms. The number of halogens is 1. The molecule has 1 N–H and O–H groups in total. The van der Waals surface area contributed by atoms with Crippen LogP contribution in [0.1, 0.15) is 12.8 Å². The van der Waals surface area contributed by atoms with Crippen LogP contribution in [0.5, 0.6) is 0 Å². The Morgan fingerprint density at radius 1 is 1.35 bits per heavy atom. The SMILES string of the molecule is CN(C)C=O.Cl.O=S(=O)(NCCN1CCCC1)c1cccnc1. The van der Waals surface area contributed by atoms with Crippen LogP contribution in [0.25, 0.3) is 0 Å². The number of pyridine rings is 1. The molecule has 132 valence electrons. The molecule has 1 saturated heterocycles. The minimum absolute atomic E-state index is 0. The maximum Gasteiger partial charge on any atom is 0.242 e. The van der Waals surface area contributed by atoms with Gasteiger partial charge in [0.05, 0.1) is 0 Å². The van der Waals surface area contributed by atoms with Gasteiger partial charge in [0, 0.05) is 39.6 Å². The summed E-state index contributed by atoms with van der Waals surface area (Å²) in [5.41, 5.74) is 0. The molecule has 2 rings (SSSR count). The molecule has 7 nitrogen and oxygen atoms in total. The summed E-state index contributed by atoms with van der Waals surface area (Å²) in [5.74, 6) is 0. The number of rotatable bonds is 6. The second-order valence-electron chi connectivity index (χ2n) is 5.20. The first-order chi connectivity index (χ1) is 10.5. The fourth-order valence-electron chi connectivity index (χ4n) is 1.93. The number of sulfonamides is 1. The van der Waals surface area contributed by atoms with Gasteiger partial charge in [0.15, 0.2) is 0 Å². The summed E-state index contributed by atoms with van der Waals surface area (Å²) in [4.78, 5) is 17.2. The van der Waals surface area contributed by atoms with E-state index < -0.39 is 10.0 Å². The first-order valence-electron chi connectivity index (χ1n) is 7.19. The van der Waals surface area contributed by atoms with Gasteiger partial charge in [-0.15, -0.1) is 12.4 Å². The largest absolute Gasteiger partial charge is 0.351 e. The molecule has 1 amide bonds. The van der Waals surface area contributed by atoms with E-state index in [-0.39, 0.29) is 17.3 Å². The Bertz CT molecular complexity index is 534. The molecule has 0 atom stereocenters. The first-order valence-corrected chi connectivity index (χ1v) is 8.68. The van der Waals surface area contributed by atoms with E-state index in [2.05, 4.69) is 14.6 Å². The van der Waals surface area contributed by atoms with Gasteiger partial charge < -0.3 is 9.80 Å². The summed E-state index contributed by atoms with van der Waals surface area (Å²) in [5, 5.41) is 0. The van der Waals surface area contributed by atoms with Crippen molar-refractivity contribution in [3.05, 3.63) is 24.5 Å². The van der Waals surface area contributed by atoms with E-state index in [1.165, 1.54) is 23.9 Å². The highest BCUT2D eigenvalue weighted by Gasteiger charge is 2.15. The van der Waals surface area contributed by atoms with Gasteiger partial charge in [0.1, 0.15) is 4.90 Å². The zero-order chi connectivity index (χ0) is 16.4. The zero-order valence-electron chi connectivity index (χ0n) is 13.5. The van der Waals surface area contributed by atoms with Crippen LogP contribution >= 0.6 is 12.4 Å². The summed E-state index contributed by atoms with van der Waals surface area (Å²) in [6.07, 6.45) is 6.10. The van der Waals surface area contributed by atoms with E-state index in [0.717, 1.165) is 26.0 Å². The average Bonchev–Trinajstić information content (AvgIpc) is 3.02. The fourth-order valence-corrected chi connectivity index (χ4v) is 2.92. The number of nitrogens with one attached hydrogen (secondary N) is 1. The van der Waals surface area contributed by atoms with E-state index in [9.17, 15) is 13.2 Å². The Morgan fingerprint density at radius 3 is 2.43 bits per heavy atom. The van der Waals surface area contributed by atoms with Crippen LogP contribution in [0.3, 0.4) is 0 Å². The number of hydrogen-bond acceptors (Lipinski definition) is 5. The smallest absolute Gasteiger partial charge is 0.242 e. The minimum atomic E-state index is -3.39. The van der Waals surface area contributed by atoms with E-state index in [4.69, 9.17) is 0 Å². The predicted octanol–water partition coefficient (Wildman–Crippen LogP) is 0.582. The van der Waals surface area contributed by atoms with E-state index in [1.807, 2.05) is 0 Å². The van der Waals surface area contributed by atoms with Crippen molar-refractivity contribution in [3.8, 4) is 0 Å². The third-order valence-corrected chi connectivity index (χ3v) is 4.52. The summed E-state index contributed by atoms with van der Waals surface area (Å²) in [6.45, 7) is 3.39. The molecular weight excluding hydrogens is 340 g/mol. The topological polar surface area (TPSA) is 82.6 Å². The van der Waals surface area contributed by atoms with Crippen LogP contribution in [0.4, 0.5) is 0 Å². The Morgan fingerprint density at radius 2 is 1.96 bits per heavy atom. The maximum absolute atomic E-state index is 11.8. The summed E-state index contributed by atoms with van der Waals surface area (Å²) >= 11 is 0. The Kier molecular flexibility index (Phi) is 10.7. The normalized spacial score (nSPS) is 14.3. The molecule has 0 aromatic carbocycles. The van der Waals surface area contributed by atoms with E-state index in [1.54, 1.807) is 32.4 Å². The third-order valence-electron chi connectivity index (χ3n) is 3.07. The number of aromatic nitrogens is 1. The molecule has 0 saturated carbocycles. The van der Waals surface area contributed by atoms with Gasteiger partial charge in [-0.1, -0.05) is 0 Å². The number of hydrogen-bond donors (Lipinski definition) is 1. The molecule has 0 unspecified atom stereocenters. The van der Waals surface area contributed by atoms with Gasteiger partial charge in [0.25, 0.3) is 0 Å². The lowest BCUT2D eigenvalue weighted by molar-refractivity contribution is -0.115. The van der Waals surface area contributed by atoms with Gasteiger partial charge in [-0.05, 0) is 38.1 Å². The molecule has 1 aromatic rings. The Labute approximate surface area is 144 Å². The fraction of sp³-hybridized carbons (Fsp3) is 0.571. The molecule has 1 aromatic heterocycles. The third kappa shape index (κ3) is 8.85. The lowest BCUT2D eigenvalue weighted by Crippen LogP contribution is -2.33. The van der Waals surface area contributed by atoms with Gasteiger partial charge in [0.2, 0.25) is 16.4 Å². The number of likely N-dealkylation sites (tertiary alicyclic amines) is 1. The van der Waals surface area contributed by atoms with Crippen molar-refractivity contribution in [2.24, 2.45) is 0 Å². The standard InChI is InChI=1S/C11H17N3O2S.C3H7NO.ClH/c15-17(16,11-4-3-5-12-10-11)13-6-9-14-7-1-2-8-14;1-4(2)3-5;/h3-5,10,13H,1-2,6-9H2;3H,1-2H3;1H. The number of carbonyl (C=O) groups is 1. The zero-order valence-corrected chi connectivity index (χ0v) is 15.1. The quantitative estimate of drug-likeness (QED) is 0.747. The summed E-state index contributed by atoms with van der Waals surface area (Å²) in [6, 6.07) is 3.17. The molecule has 1 aliphatic rings. The van der Waals surface area contributed by atoms with Gasteiger partial charge in [-0.2, -0.15) is 0 Å². The number of carbonyl (C=O) groups excluding carboxylic acids is 1. The van der Waals surface area contributed by atoms with Crippen molar-refractivity contribution in [2.75, 3.05) is 40.3 Å². The molecular formula is C14H25ClN4O3S. The van der Waals surface area contributed by atoms with Gasteiger partial charge >= 0.3 is 0 Å². The van der Waals surface area contributed by atoms with Crippen molar-refractivity contribution in [1.29, 1.82) is 0 Å². The van der Waals surface area contributed by atoms with E-state index >= 15 is 0 Å². The van der Waals surface area contributed by atoms with Crippen molar-refractivity contribution < 1.29 is 13.2 Å². The molecule has 2 heterocycles. The lowest BCUT2D eigenvalue weighted by atomic mass is 10.4. The highest BCUT2D eigenvalue weighted by atomic mass is 35.5. The van der Waals surface area contributed by atoms with Crippen LogP contribution in [0.15, 0.2) is 29.4 Å². The first kappa shape index (κ1) is 21.8. The lowest BCUT2D eigenvalue weighted by Gasteiger charge is -2.14. The van der Waals surface area contributed by atoms with Crippen LogP contribution in [-0.4, -0.2) is 69.9 Å². The minimum Gasteiger partial charge on any atom is -0.351 e. The van der Waals surface area contributed by atoms with Crippen molar-refractivity contribution >= 4 is 28.8 Å². The van der Waals surface area contributed by atoms with Crippen LogP contribution < -0.4 is 4.72 Å². The van der Waals surface area contributed by atoms with Crippen molar-refractivity contribution in [3.63, 3.8) is 0 Å². The second kappa shape index (κ2) is 11.3. The molecule has 0 aliphatic carbocycles. The monoisotopic (exact) mass is 364 g/mol. The number of amides is 1. The summed E-state index contributed by atoms with van der Waals surface area (Å²) in [7, 11) is -0.0161. The van der Waals surface area contributed by atoms with Crippen LogP contribution in [0.2, 0.25) is 0 Å². The summed E-state index contributed by atoms with van der Waals surface area (Å²) < 4.78 is 26.3. The second-order valence-corrected chi connectivity index (χ2v) is 6.97. The molecule has 0 bridgehead atoms. The van der Waals surface area contributed by atoms with Crippen LogP contribution in [-0.2, 0) is 14.8 Å².